The van der Waals surface area contributed by atoms with Crippen molar-refractivity contribution in [1.82, 2.24) is 0 Å². The monoisotopic (exact) mass is 159 g/mol. The van der Waals surface area contributed by atoms with Crippen molar-refractivity contribution in [3.63, 3.8) is 0 Å². The van der Waals surface area contributed by atoms with Gasteiger partial charge in [-0.25, -0.2) is 0 Å². The first kappa shape index (κ1) is 9.74. The molecule has 0 aliphatic heterocycles. The summed E-state index contributed by atoms with van der Waals surface area (Å²) < 4.78 is 0. The lowest BCUT2D eigenvalue weighted by Crippen LogP contribution is -2.38. The predicted octanol–water partition coefficient (Wildman–Crippen LogP) is -0.510. The summed E-state index contributed by atoms with van der Waals surface area (Å²) in [5.41, 5.74) is 10.2. The Hall–Kier alpha value is -1.26. The highest BCUT2D eigenvalue weighted by atomic mass is 16.4. The lowest BCUT2D eigenvalue weighted by molar-refractivity contribution is -0.120. The minimum Gasteiger partial charge on any atom is -0.409 e. The van der Waals surface area contributed by atoms with Crippen molar-refractivity contribution in [3.05, 3.63) is 0 Å². The van der Waals surface area contributed by atoms with Crippen molar-refractivity contribution in [2.75, 3.05) is 0 Å². The zero-order valence-electron chi connectivity index (χ0n) is 6.61. The van der Waals surface area contributed by atoms with Crippen LogP contribution in [0.1, 0.15) is 13.8 Å². The highest BCUT2D eigenvalue weighted by molar-refractivity contribution is 6.01. The van der Waals surface area contributed by atoms with Crippen molar-refractivity contribution >= 4 is 11.7 Å². The Balaban J connectivity index is 4.48. The molecule has 0 aromatic carbocycles. The maximum Gasteiger partial charge on any atom is 0.228 e. The summed E-state index contributed by atoms with van der Waals surface area (Å²) in [5, 5.41) is 11.0. The summed E-state index contributed by atoms with van der Waals surface area (Å²) >= 11 is 0. The first-order chi connectivity index (χ1) is 5.00. The van der Waals surface area contributed by atoms with Crippen molar-refractivity contribution in [2.45, 2.75) is 13.8 Å². The summed E-state index contributed by atoms with van der Waals surface area (Å²) in [6.45, 7) is 3.54. The second kappa shape index (κ2) is 3.80. The van der Waals surface area contributed by atoms with Gasteiger partial charge in [0.2, 0.25) is 5.91 Å². The molecule has 0 spiro atoms. The van der Waals surface area contributed by atoms with E-state index in [-0.39, 0.29) is 11.8 Å². The molecule has 0 rings (SSSR count). The normalized spacial score (nSPS) is 15.0. The number of amides is 1. The average molecular weight is 159 g/mol. The maximum absolute atomic E-state index is 10.7. The molecule has 0 fully saturated rings. The summed E-state index contributed by atoms with van der Waals surface area (Å²) in [6, 6.07) is 0. The highest BCUT2D eigenvalue weighted by Crippen LogP contribution is 2.09. The standard InChI is InChI=1S/C6H13N3O2/c1-3(2)4(6(8)10)5(7)9-11/h3-4,11H,1-2H3,(H2,7,9)(H2,8,10). The lowest BCUT2D eigenvalue weighted by Gasteiger charge is -2.14. The molecule has 0 aliphatic rings. The fraction of sp³-hybridized carbons (Fsp3) is 0.667. The lowest BCUT2D eigenvalue weighted by atomic mass is 9.94. The van der Waals surface area contributed by atoms with E-state index in [0.717, 1.165) is 0 Å². The number of amidine groups is 1. The van der Waals surface area contributed by atoms with Crippen molar-refractivity contribution in [1.29, 1.82) is 0 Å². The van der Waals surface area contributed by atoms with E-state index in [4.69, 9.17) is 16.7 Å². The van der Waals surface area contributed by atoms with Gasteiger partial charge in [0.25, 0.3) is 0 Å². The Morgan fingerprint density at radius 1 is 1.45 bits per heavy atom. The van der Waals surface area contributed by atoms with Crippen LogP contribution in [0.5, 0.6) is 0 Å². The minimum atomic E-state index is -0.681. The highest BCUT2D eigenvalue weighted by Gasteiger charge is 2.23. The molecule has 1 unspecified atom stereocenters. The van der Waals surface area contributed by atoms with Crippen molar-refractivity contribution in [3.8, 4) is 0 Å². The van der Waals surface area contributed by atoms with Gasteiger partial charge in [0, 0.05) is 0 Å². The molecule has 0 heterocycles. The number of hydrogen-bond acceptors (Lipinski definition) is 3. The van der Waals surface area contributed by atoms with Crippen LogP contribution >= 0.6 is 0 Å². The van der Waals surface area contributed by atoms with Gasteiger partial charge in [-0.05, 0) is 5.92 Å². The molecule has 0 aromatic heterocycles. The number of primary amides is 1. The smallest absolute Gasteiger partial charge is 0.228 e. The second-order valence-electron chi connectivity index (χ2n) is 2.65. The van der Waals surface area contributed by atoms with Gasteiger partial charge in [-0.3, -0.25) is 4.79 Å². The van der Waals surface area contributed by atoms with E-state index in [1.807, 2.05) is 0 Å². The first-order valence-corrected chi connectivity index (χ1v) is 3.27. The average Bonchev–Trinajstić information content (AvgIpc) is 1.85. The maximum atomic E-state index is 10.7. The number of carbonyl (C=O) groups is 1. The topological polar surface area (TPSA) is 102 Å². The fourth-order valence-electron chi connectivity index (χ4n) is 0.878. The van der Waals surface area contributed by atoms with Crippen LogP contribution in [0.3, 0.4) is 0 Å². The molecule has 0 aromatic rings. The molecular formula is C6H13N3O2. The van der Waals surface area contributed by atoms with Gasteiger partial charge >= 0.3 is 0 Å². The molecule has 5 N–H and O–H groups in total. The van der Waals surface area contributed by atoms with Gasteiger partial charge in [-0.15, -0.1) is 0 Å². The molecule has 0 saturated heterocycles. The molecular weight excluding hydrogens is 146 g/mol. The molecule has 5 heteroatoms. The van der Waals surface area contributed by atoms with E-state index in [1.165, 1.54) is 0 Å². The molecule has 1 atom stereocenters. The SMILES string of the molecule is CC(C)C(C(N)=O)C(N)=NO. The molecule has 5 nitrogen and oxygen atoms in total. The number of carbonyl (C=O) groups excluding carboxylic acids is 1. The molecule has 64 valence electrons. The van der Waals surface area contributed by atoms with Gasteiger partial charge in [0.05, 0.1) is 0 Å². The van der Waals surface area contributed by atoms with Crippen LogP contribution in [-0.4, -0.2) is 17.0 Å². The third-order valence-electron chi connectivity index (χ3n) is 1.41. The van der Waals surface area contributed by atoms with Crippen molar-refractivity contribution in [2.24, 2.45) is 28.5 Å². The van der Waals surface area contributed by atoms with E-state index >= 15 is 0 Å². The van der Waals surface area contributed by atoms with E-state index in [0.29, 0.717) is 0 Å². The minimum absolute atomic E-state index is 0.0524. The Morgan fingerprint density at radius 2 is 1.91 bits per heavy atom. The van der Waals surface area contributed by atoms with E-state index in [1.54, 1.807) is 13.8 Å². The summed E-state index contributed by atoms with van der Waals surface area (Å²) in [6.07, 6.45) is 0. The van der Waals surface area contributed by atoms with Crippen LogP contribution in [0, 0.1) is 11.8 Å². The third-order valence-corrected chi connectivity index (χ3v) is 1.41. The number of hydrogen-bond donors (Lipinski definition) is 3. The van der Waals surface area contributed by atoms with E-state index in [9.17, 15) is 4.79 Å². The Kier molecular flexibility index (Phi) is 3.36. The Morgan fingerprint density at radius 3 is 2.00 bits per heavy atom. The second-order valence-corrected chi connectivity index (χ2v) is 2.65. The summed E-state index contributed by atoms with van der Waals surface area (Å²) in [7, 11) is 0. The summed E-state index contributed by atoms with van der Waals surface area (Å²) in [5.74, 6) is -1.44. The number of rotatable bonds is 3. The number of oxime groups is 1. The van der Waals surface area contributed by atoms with E-state index < -0.39 is 11.8 Å². The van der Waals surface area contributed by atoms with Crippen LogP contribution in [0.15, 0.2) is 5.16 Å². The van der Waals surface area contributed by atoms with Crippen LogP contribution in [0.2, 0.25) is 0 Å². The quantitative estimate of drug-likeness (QED) is 0.224. The molecule has 0 saturated carbocycles. The molecule has 0 bridgehead atoms. The molecule has 0 radical (unpaired) electrons. The van der Waals surface area contributed by atoms with Crippen LogP contribution in [0.25, 0.3) is 0 Å². The fourth-order valence-corrected chi connectivity index (χ4v) is 0.878. The summed E-state index contributed by atoms with van der Waals surface area (Å²) in [4.78, 5) is 10.7. The molecule has 1 amide bonds. The Bertz CT molecular complexity index is 177. The van der Waals surface area contributed by atoms with E-state index in [2.05, 4.69) is 5.16 Å². The molecule has 11 heavy (non-hydrogen) atoms. The molecule has 0 aliphatic carbocycles. The first-order valence-electron chi connectivity index (χ1n) is 3.27. The van der Waals surface area contributed by atoms with Gasteiger partial charge < -0.3 is 16.7 Å². The van der Waals surface area contributed by atoms with Gasteiger partial charge in [-0.1, -0.05) is 19.0 Å². The van der Waals surface area contributed by atoms with Gasteiger partial charge in [0.1, 0.15) is 5.92 Å². The van der Waals surface area contributed by atoms with Crippen LogP contribution in [0.4, 0.5) is 0 Å². The van der Waals surface area contributed by atoms with Gasteiger partial charge in [-0.2, -0.15) is 0 Å². The van der Waals surface area contributed by atoms with Gasteiger partial charge in [0.15, 0.2) is 5.84 Å². The number of nitrogens with two attached hydrogens (primary N) is 2. The largest absolute Gasteiger partial charge is 0.409 e. The van der Waals surface area contributed by atoms with Crippen LogP contribution in [-0.2, 0) is 4.79 Å². The predicted molar refractivity (Wildman–Crippen MR) is 40.9 cm³/mol. The third kappa shape index (κ3) is 2.45. The zero-order valence-corrected chi connectivity index (χ0v) is 6.61. The van der Waals surface area contributed by atoms with Crippen molar-refractivity contribution < 1.29 is 10.0 Å². The van der Waals surface area contributed by atoms with Crippen LogP contribution < -0.4 is 11.5 Å². The Labute approximate surface area is 65.0 Å². The zero-order chi connectivity index (χ0) is 9.02. The number of nitrogens with zero attached hydrogens (tertiary/aromatic N) is 1.